The molecule has 1 aromatic carbocycles. The van der Waals surface area contributed by atoms with Crippen molar-refractivity contribution >= 4 is 23.7 Å². The van der Waals surface area contributed by atoms with E-state index >= 15 is 0 Å². The second-order valence-corrected chi connectivity index (χ2v) is 5.75. The molecule has 0 aliphatic heterocycles. The Hall–Kier alpha value is -2.35. The van der Waals surface area contributed by atoms with Crippen LogP contribution in [0.4, 0.5) is 0 Å². The molecule has 23 heavy (non-hydrogen) atoms. The molecule has 0 saturated carbocycles. The number of nitrogens with zero attached hydrogens (tertiary/aromatic N) is 2. The summed E-state index contributed by atoms with van der Waals surface area (Å²) < 4.78 is 5.17. The molecule has 116 valence electrons. The van der Waals surface area contributed by atoms with Crippen LogP contribution in [0.15, 0.2) is 48.1 Å². The lowest BCUT2D eigenvalue weighted by molar-refractivity contribution is 0.415. The minimum atomic E-state index is 0. The van der Waals surface area contributed by atoms with Crippen LogP contribution in [0.3, 0.4) is 0 Å². The van der Waals surface area contributed by atoms with Gasteiger partial charge in [0.05, 0.1) is 12.1 Å². The summed E-state index contributed by atoms with van der Waals surface area (Å²) in [4.78, 5) is 8.61. The third-order valence-corrected chi connectivity index (χ3v) is 3.89. The molecule has 0 aliphatic rings. The summed E-state index contributed by atoms with van der Waals surface area (Å²) in [5.41, 5.74) is 3.79. The average molecular weight is 343 g/mol. The minimum absolute atomic E-state index is 0. The third-order valence-electron chi connectivity index (χ3n) is 3.12. The van der Waals surface area contributed by atoms with Crippen LogP contribution in [-0.2, 0) is 0 Å². The maximum Gasteiger partial charge on any atom is 0.124 e. The maximum absolute atomic E-state index is 5.17. The molecule has 5 heteroatoms. The number of thiazole rings is 1. The number of halogens is 1. The zero-order valence-electron chi connectivity index (χ0n) is 12.7. The van der Waals surface area contributed by atoms with Crippen molar-refractivity contribution in [2.45, 2.75) is 6.92 Å². The van der Waals surface area contributed by atoms with Gasteiger partial charge in [-0.15, -0.1) is 23.7 Å². The lowest BCUT2D eigenvalue weighted by Crippen LogP contribution is -1.85. The van der Waals surface area contributed by atoms with Crippen molar-refractivity contribution in [1.29, 1.82) is 0 Å². The van der Waals surface area contributed by atoms with Crippen molar-refractivity contribution in [3.63, 3.8) is 0 Å². The number of pyridine rings is 1. The standard InChI is InChI=1S/C18H14N2OS.ClH/c1-13-20-17(12-22-13)6-3-14-9-16(11-19-10-14)15-4-7-18(21-2)8-5-15;/h4-5,7-12H,1-2H3;1H. The van der Waals surface area contributed by atoms with Crippen molar-refractivity contribution in [1.82, 2.24) is 9.97 Å². The summed E-state index contributed by atoms with van der Waals surface area (Å²) in [7, 11) is 1.66. The molecule has 3 rings (SSSR count). The number of benzene rings is 1. The number of aromatic nitrogens is 2. The van der Waals surface area contributed by atoms with Gasteiger partial charge in [0.1, 0.15) is 11.4 Å². The van der Waals surface area contributed by atoms with Crippen LogP contribution in [0.25, 0.3) is 11.1 Å². The van der Waals surface area contributed by atoms with Crippen LogP contribution in [0.5, 0.6) is 5.75 Å². The summed E-state index contributed by atoms with van der Waals surface area (Å²) in [6.07, 6.45) is 3.60. The van der Waals surface area contributed by atoms with Gasteiger partial charge in [-0.05, 0) is 36.6 Å². The lowest BCUT2D eigenvalue weighted by atomic mass is 10.1. The molecular formula is C18H15ClN2OS. The van der Waals surface area contributed by atoms with Crippen LogP contribution in [-0.4, -0.2) is 17.1 Å². The highest BCUT2D eigenvalue weighted by Crippen LogP contribution is 2.22. The molecular weight excluding hydrogens is 328 g/mol. The van der Waals surface area contributed by atoms with E-state index in [4.69, 9.17) is 4.74 Å². The molecule has 0 fully saturated rings. The molecule has 0 atom stereocenters. The first-order chi connectivity index (χ1) is 10.7. The Morgan fingerprint density at radius 2 is 1.83 bits per heavy atom. The second kappa shape index (κ2) is 7.77. The Morgan fingerprint density at radius 1 is 1.04 bits per heavy atom. The quantitative estimate of drug-likeness (QED) is 0.650. The molecule has 2 aromatic heterocycles. The summed E-state index contributed by atoms with van der Waals surface area (Å²) in [6, 6.07) is 9.92. The first-order valence-corrected chi connectivity index (χ1v) is 7.66. The second-order valence-electron chi connectivity index (χ2n) is 4.69. The Morgan fingerprint density at radius 3 is 2.48 bits per heavy atom. The molecule has 3 nitrogen and oxygen atoms in total. The van der Waals surface area contributed by atoms with Crippen LogP contribution in [0.1, 0.15) is 16.3 Å². The van der Waals surface area contributed by atoms with E-state index in [0.29, 0.717) is 0 Å². The van der Waals surface area contributed by atoms with Crippen LogP contribution >= 0.6 is 23.7 Å². The molecule has 2 heterocycles. The molecule has 0 aliphatic carbocycles. The normalized spacial score (nSPS) is 9.48. The van der Waals surface area contributed by atoms with E-state index in [2.05, 4.69) is 21.8 Å². The van der Waals surface area contributed by atoms with Crippen LogP contribution in [0, 0.1) is 18.8 Å². The molecule has 0 amide bonds. The first-order valence-electron chi connectivity index (χ1n) is 6.78. The molecule has 0 saturated heterocycles. The van der Waals surface area contributed by atoms with Crippen molar-refractivity contribution in [3.8, 4) is 28.7 Å². The van der Waals surface area contributed by atoms with Crippen molar-refractivity contribution in [2.24, 2.45) is 0 Å². The van der Waals surface area contributed by atoms with E-state index in [1.54, 1.807) is 24.6 Å². The molecule has 3 aromatic rings. The summed E-state index contributed by atoms with van der Waals surface area (Å²) >= 11 is 1.60. The van der Waals surface area contributed by atoms with Gasteiger partial charge in [-0.1, -0.05) is 18.1 Å². The SMILES string of the molecule is COc1ccc(-c2cncc(C#Cc3csc(C)n3)c2)cc1.Cl. The van der Waals surface area contributed by atoms with Gasteiger partial charge in [0.2, 0.25) is 0 Å². The van der Waals surface area contributed by atoms with Crippen molar-refractivity contribution in [2.75, 3.05) is 7.11 Å². The monoisotopic (exact) mass is 342 g/mol. The Bertz CT molecular complexity index is 847. The summed E-state index contributed by atoms with van der Waals surface area (Å²) in [5.74, 6) is 7.02. The molecule has 0 bridgehead atoms. The Balaban J connectivity index is 0.00000192. The van der Waals surface area contributed by atoms with E-state index in [1.807, 2.05) is 48.8 Å². The van der Waals surface area contributed by atoms with Gasteiger partial charge < -0.3 is 4.74 Å². The fourth-order valence-electron chi connectivity index (χ4n) is 2.01. The smallest absolute Gasteiger partial charge is 0.124 e. The van der Waals surface area contributed by atoms with Crippen LogP contribution < -0.4 is 4.74 Å². The first kappa shape index (κ1) is 17.0. The highest BCUT2D eigenvalue weighted by atomic mass is 35.5. The van der Waals surface area contributed by atoms with E-state index in [9.17, 15) is 0 Å². The van der Waals surface area contributed by atoms with Gasteiger partial charge in [0.25, 0.3) is 0 Å². The number of ether oxygens (including phenoxy) is 1. The lowest BCUT2D eigenvalue weighted by Gasteiger charge is -2.03. The molecule has 0 spiro atoms. The number of aryl methyl sites for hydroxylation is 1. The number of rotatable bonds is 2. The zero-order valence-corrected chi connectivity index (χ0v) is 14.4. The van der Waals surface area contributed by atoms with Gasteiger partial charge >= 0.3 is 0 Å². The predicted octanol–water partition coefficient (Wildman–Crippen LogP) is 4.34. The van der Waals surface area contributed by atoms with Crippen LogP contribution in [0.2, 0.25) is 0 Å². The summed E-state index contributed by atoms with van der Waals surface area (Å²) in [5, 5.41) is 2.98. The topological polar surface area (TPSA) is 35.0 Å². The Kier molecular flexibility index (Phi) is 5.75. The molecule has 0 unspecified atom stereocenters. The van der Waals surface area contributed by atoms with Gasteiger partial charge in [-0.25, -0.2) is 4.98 Å². The summed E-state index contributed by atoms with van der Waals surface area (Å²) in [6.45, 7) is 1.97. The van der Waals surface area contributed by atoms with E-state index in [1.165, 1.54) is 0 Å². The molecule has 0 N–H and O–H groups in total. The number of methoxy groups -OCH3 is 1. The van der Waals surface area contributed by atoms with E-state index in [0.717, 1.165) is 33.1 Å². The zero-order chi connectivity index (χ0) is 15.4. The predicted molar refractivity (Wildman–Crippen MR) is 96.3 cm³/mol. The van der Waals surface area contributed by atoms with Gasteiger partial charge in [0, 0.05) is 28.9 Å². The maximum atomic E-state index is 5.17. The third kappa shape index (κ3) is 4.32. The Labute approximate surface area is 145 Å². The minimum Gasteiger partial charge on any atom is -0.497 e. The average Bonchev–Trinajstić information content (AvgIpc) is 2.99. The van der Waals surface area contributed by atoms with Crippen molar-refractivity contribution < 1.29 is 4.74 Å². The number of hydrogen-bond donors (Lipinski definition) is 0. The largest absolute Gasteiger partial charge is 0.497 e. The highest BCUT2D eigenvalue weighted by molar-refractivity contribution is 7.09. The fraction of sp³-hybridized carbons (Fsp3) is 0.111. The van der Waals surface area contributed by atoms with E-state index < -0.39 is 0 Å². The number of hydrogen-bond acceptors (Lipinski definition) is 4. The highest BCUT2D eigenvalue weighted by Gasteiger charge is 2.00. The van der Waals surface area contributed by atoms with Gasteiger partial charge in [-0.3, -0.25) is 4.98 Å². The van der Waals surface area contributed by atoms with Gasteiger partial charge in [0.15, 0.2) is 0 Å². The fourth-order valence-corrected chi connectivity index (χ4v) is 2.55. The molecule has 0 radical (unpaired) electrons. The van der Waals surface area contributed by atoms with Crippen molar-refractivity contribution in [3.05, 3.63) is 64.4 Å². The van der Waals surface area contributed by atoms with Gasteiger partial charge in [-0.2, -0.15) is 0 Å². The van der Waals surface area contributed by atoms with E-state index in [-0.39, 0.29) is 12.4 Å².